The SMILES string of the molecule is Cc1cc(Br)c2nc(N)sc2c1. The largest absolute Gasteiger partial charge is 0.375 e. The van der Waals surface area contributed by atoms with Gasteiger partial charge >= 0.3 is 0 Å². The van der Waals surface area contributed by atoms with Crippen molar-refractivity contribution in [2.45, 2.75) is 6.92 Å². The molecule has 0 fully saturated rings. The maximum Gasteiger partial charge on any atom is 0.181 e. The van der Waals surface area contributed by atoms with Crippen molar-refractivity contribution in [3.8, 4) is 0 Å². The average Bonchev–Trinajstić information content (AvgIpc) is 2.29. The molecule has 0 atom stereocenters. The van der Waals surface area contributed by atoms with Gasteiger partial charge in [0.15, 0.2) is 5.13 Å². The zero-order valence-corrected chi connectivity index (χ0v) is 8.87. The maximum absolute atomic E-state index is 5.60. The molecule has 0 aliphatic heterocycles. The van der Waals surface area contributed by atoms with Gasteiger partial charge in [0.05, 0.1) is 10.2 Å². The van der Waals surface area contributed by atoms with Crippen molar-refractivity contribution in [3.63, 3.8) is 0 Å². The molecule has 62 valence electrons. The third-order valence-electron chi connectivity index (χ3n) is 1.61. The van der Waals surface area contributed by atoms with Crippen LogP contribution in [0, 0.1) is 6.92 Å². The monoisotopic (exact) mass is 242 g/mol. The molecular weight excluding hydrogens is 236 g/mol. The number of nitrogen functional groups attached to an aromatic ring is 1. The highest BCUT2D eigenvalue weighted by molar-refractivity contribution is 9.10. The third kappa shape index (κ3) is 1.21. The molecule has 0 spiro atoms. The highest BCUT2D eigenvalue weighted by Crippen LogP contribution is 2.30. The highest BCUT2D eigenvalue weighted by Gasteiger charge is 2.04. The number of thiazole rings is 1. The van der Waals surface area contributed by atoms with E-state index in [1.807, 2.05) is 6.07 Å². The molecule has 1 heterocycles. The molecule has 12 heavy (non-hydrogen) atoms. The van der Waals surface area contributed by atoms with Crippen LogP contribution in [0.2, 0.25) is 0 Å². The summed E-state index contributed by atoms with van der Waals surface area (Å²) >= 11 is 4.97. The summed E-state index contributed by atoms with van der Waals surface area (Å²) in [6.07, 6.45) is 0. The first kappa shape index (κ1) is 8.01. The fraction of sp³-hybridized carbons (Fsp3) is 0.125. The molecule has 1 aromatic carbocycles. The Balaban J connectivity index is 2.88. The molecule has 0 saturated carbocycles. The van der Waals surface area contributed by atoms with Crippen molar-refractivity contribution in [2.75, 3.05) is 5.73 Å². The number of hydrogen-bond acceptors (Lipinski definition) is 3. The van der Waals surface area contributed by atoms with E-state index in [0.717, 1.165) is 14.7 Å². The normalized spacial score (nSPS) is 10.8. The van der Waals surface area contributed by atoms with E-state index in [2.05, 4.69) is 33.9 Å². The van der Waals surface area contributed by atoms with Gasteiger partial charge in [0.1, 0.15) is 0 Å². The summed E-state index contributed by atoms with van der Waals surface area (Å²) in [6.45, 7) is 2.06. The lowest BCUT2D eigenvalue weighted by Gasteiger charge is -1.94. The number of fused-ring (bicyclic) bond motifs is 1. The molecule has 0 aliphatic carbocycles. The Bertz CT molecular complexity index is 436. The number of nitrogens with two attached hydrogens (primary N) is 1. The lowest BCUT2D eigenvalue weighted by atomic mass is 10.2. The molecule has 0 radical (unpaired) electrons. The summed E-state index contributed by atoms with van der Waals surface area (Å²) in [5, 5.41) is 0.622. The summed E-state index contributed by atoms with van der Waals surface area (Å²) in [4.78, 5) is 4.20. The van der Waals surface area contributed by atoms with Crippen LogP contribution in [-0.2, 0) is 0 Å². The minimum absolute atomic E-state index is 0.622. The predicted molar refractivity (Wildman–Crippen MR) is 56.5 cm³/mol. The zero-order chi connectivity index (χ0) is 8.72. The van der Waals surface area contributed by atoms with Crippen LogP contribution in [0.3, 0.4) is 0 Å². The molecule has 2 rings (SSSR count). The van der Waals surface area contributed by atoms with E-state index in [-0.39, 0.29) is 0 Å². The van der Waals surface area contributed by atoms with Crippen LogP contribution in [0.1, 0.15) is 5.56 Å². The van der Waals surface area contributed by atoms with Gasteiger partial charge in [-0.2, -0.15) is 0 Å². The number of rotatable bonds is 0. The quantitative estimate of drug-likeness (QED) is 0.772. The lowest BCUT2D eigenvalue weighted by molar-refractivity contribution is 1.44. The molecule has 0 unspecified atom stereocenters. The minimum Gasteiger partial charge on any atom is -0.375 e. The fourth-order valence-electron chi connectivity index (χ4n) is 1.13. The lowest BCUT2D eigenvalue weighted by Crippen LogP contribution is -1.80. The molecular formula is C8H7BrN2S. The standard InChI is InChI=1S/C8H7BrN2S/c1-4-2-5(9)7-6(3-4)12-8(10)11-7/h2-3H,1H3,(H2,10,11). The van der Waals surface area contributed by atoms with Gasteiger partial charge in [0.25, 0.3) is 0 Å². The number of aryl methyl sites for hydroxylation is 1. The van der Waals surface area contributed by atoms with Gasteiger partial charge in [0, 0.05) is 4.47 Å². The van der Waals surface area contributed by atoms with Gasteiger partial charge in [-0.3, -0.25) is 0 Å². The molecule has 1 aromatic heterocycles. The van der Waals surface area contributed by atoms with Crippen LogP contribution in [0.15, 0.2) is 16.6 Å². The zero-order valence-electron chi connectivity index (χ0n) is 6.47. The average molecular weight is 243 g/mol. The first-order valence-corrected chi connectivity index (χ1v) is 5.10. The van der Waals surface area contributed by atoms with Crippen molar-refractivity contribution < 1.29 is 0 Å². The molecule has 4 heteroatoms. The van der Waals surface area contributed by atoms with Crippen LogP contribution in [0.25, 0.3) is 10.2 Å². The molecule has 0 saturated heterocycles. The Morgan fingerprint density at radius 2 is 2.25 bits per heavy atom. The Morgan fingerprint density at radius 3 is 3.00 bits per heavy atom. The first-order chi connectivity index (χ1) is 5.66. The van der Waals surface area contributed by atoms with E-state index in [9.17, 15) is 0 Å². The van der Waals surface area contributed by atoms with E-state index >= 15 is 0 Å². The van der Waals surface area contributed by atoms with Gasteiger partial charge in [-0.1, -0.05) is 11.3 Å². The second-order valence-corrected chi connectivity index (χ2v) is 4.56. The maximum atomic E-state index is 5.60. The third-order valence-corrected chi connectivity index (χ3v) is 3.05. The minimum atomic E-state index is 0.622. The van der Waals surface area contributed by atoms with Crippen molar-refractivity contribution >= 4 is 42.6 Å². The fourth-order valence-corrected chi connectivity index (χ4v) is 2.79. The number of benzene rings is 1. The van der Waals surface area contributed by atoms with E-state index in [0.29, 0.717) is 5.13 Å². The molecule has 2 aromatic rings. The Morgan fingerprint density at radius 1 is 1.50 bits per heavy atom. The number of hydrogen-bond donors (Lipinski definition) is 1. The van der Waals surface area contributed by atoms with E-state index in [1.165, 1.54) is 16.9 Å². The van der Waals surface area contributed by atoms with Crippen molar-refractivity contribution in [2.24, 2.45) is 0 Å². The Labute approximate surface area is 82.5 Å². The Kier molecular flexibility index (Phi) is 1.81. The smallest absolute Gasteiger partial charge is 0.181 e. The summed E-state index contributed by atoms with van der Waals surface area (Å²) in [5.74, 6) is 0. The van der Waals surface area contributed by atoms with E-state index in [4.69, 9.17) is 5.73 Å². The van der Waals surface area contributed by atoms with Gasteiger partial charge < -0.3 is 5.73 Å². The molecule has 2 N–H and O–H groups in total. The number of anilines is 1. The van der Waals surface area contributed by atoms with Crippen LogP contribution >= 0.6 is 27.3 Å². The van der Waals surface area contributed by atoms with Crippen LogP contribution in [-0.4, -0.2) is 4.98 Å². The van der Waals surface area contributed by atoms with Crippen LogP contribution < -0.4 is 5.73 Å². The second-order valence-electron chi connectivity index (χ2n) is 2.65. The van der Waals surface area contributed by atoms with Crippen molar-refractivity contribution in [3.05, 3.63) is 22.2 Å². The van der Waals surface area contributed by atoms with E-state index in [1.54, 1.807) is 0 Å². The summed E-state index contributed by atoms with van der Waals surface area (Å²) in [6, 6.07) is 4.13. The molecule has 0 aliphatic rings. The van der Waals surface area contributed by atoms with Crippen molar-refractivity contribution in [1.29, 1.82) is 0 Å². The van der Waals surface area contributed by atoms with Gasteiger partial charge in [-0.15, -0.1) is 0 Å². The first-order valence-electron chi connectivity index (χ1n) is 3.49. The van der Waals surface area contributed by atoms with Gasteiger partial charge in [0.2, 0.25) is 0 Å². The van der Waals surface area contributed by atoms with Gasteiger partial charge in [-0.25, -0.2) is 4.98 Å². The predicted octanol–water partition coefficient (Wildman–Crippen LogP) is 2.95. The number of halogens is 1. The second kappa shape index (κ2) is 2.71. The molecule has 0 bridgehead atoms. The van der Waals surface area contributed by atoms with Gasteiger partial charge in [-0.05, 0) is 40.5 Å². The Hall–Kier alpha value is -0.610. The number of nitrogens with zero attached hydrogens (tertiary/aromatic N) is 1. The summed E-state index contributed by atoms with van der Waals surface area (Å²) in [5.41, 5.74) is 7.78. The summed E-state index contributed by atoms with van der Waals surface area (Å²) in [7, 11) is 0. The molecule has 2 nitrogen and oxygen atoms in total. The topological polar surface area (TPSA) is 38.9 Å². The summed E-state index contributed by atoms with van der Waals surface area (Å²) < 4.78 is 2.16. The molecule has 0 amide bonds. The van der Waals surface area contributed by atoms with Crippen LogP contribution in [0.5, 0.6) is 0 Å². The highest BCUT2D eigenvalue weighted by atomic mass is 79.9. The van der Waals surface area contributed by atoms with Crippen molar-refractivity contribution in [1.82, 2.24) is 4.98 Å². The van der Waals surface area contributed by atoms with Crippen LogP contribution in [0.4, 0.5) is 5.13 Å². The van der Waals surface area contributed by atoms with E-state index < -0.39 is 0 Å². The number of aromatic nitrogens is 1.